The summed E-state index contributed by atoms with van der Waals surface area (Å²) in [5.41, 5.74) is 0.532. The van der Waals surface area contributed by atoms with Crippen molar-refractivity contribution in [2.75, 3.05) is 25.9 Å². The molecule has 0 unspecified atom stereocenters. The van der Waals surface area contributed by atoms with Gasteiger partial charge in [0.05, 0.1) is 15.6 Å². The lowest BCUT2D eigenvalue weighted by Gasteiger charge is -2.34. The highest BCUT2D eigenvalue weighted by molar-refractivity contribution is 7.98. The van der Waals surface area contributed by atoms with Crippen molar-refractivity contribution in [3.8, 4) is 0 Å². The van der Waals surface area contributed by atoms with Crippen molar-refractivity contribution in [1.82, 2.24) is 10.2 Å². The van der Waals surface area contributed by atoms with Crippen molar-refractivity contribution in [3.63, 3.8) is 0 Å². The maximum absolute atomic E-state index is 12.6. The lowest BCUT2D eigenvalue weighted by atomic mass is 10.1. The van der Waals surface area contributed by atoms with Gasteiger partial charge < -0.3 is 10.2 Å². The number of hydrogen-bond acceptors (Lipinski definition) is 3. The second-order valence-corrected chi connectivity index (χ2v) is 6.18. The van der Waals surface area contributed by atoms with Gasteiger partial charge in [-0.15, -0.1) is 24.2 Å². The minimum Gasteiger partial charge on any atom is -0.333 e. The van der Waals surface area contributed by atoms with E-state index in [2.05, 4.69) is 5.32 Å². The molecule has 0 bridgehead atoms. The molecule has 0 radical (unpaired) electrons. The summed E-state index contributed by atoms with van der Waals surface area (Å²) in [4.78, 5) is 15.3. The van der Waals surface area contributed by atoms with E-state index in [1.54, 1.807) is 12.1 Å². The summed E-state index contributed by atoms with van der Waals surface area (Å²) in [5, 5.41) is 4.27. The number of halogens is 3. The van der Waals surface area contributed by atoms with Crippen LogP contribution in [0.1, 0.15) is 17.3 Å². The minimum absolute atomic E-state index is 0. The topological polar surface area (TPSA) is 32.3 Å². The van der Waals surface area contributed by atoms with Crippen molar-refractivity contribution in [2.45, 2.75) is 17.9 Å². The molecule has 0 spiro atoms. The third-order valence-electron chi connectivity index (χ3n) is 3.23. The molecule has 1 saturated heterocycles. The monoisotopic (exact) mass is 354 g/mol. The molecule has 112 valence electrons. The number of thioether (sulfide) groups is 1. The summed E-state index contributed by atoms with van der Waals surface area (Å²) < 4.78 is 0. The molecule has 1 aliphatic heterocycles. The van der Waals surface area contributed by atoms with Crippen LogP contribution < -0.4 is 5.32 Å². The van der Waals surface area contributed by atoms with E-state index in [9.17, 15) is 4.79 Å². The number of hydrogen-bond donors (Lipinski definition) is 1. The Morgan fingerprint density at radius 1 is 1.40 bits per heavy atom. The molecule has 1 amide bonds. The Balaban J connectivity index is 0.00000200. The summed E-state index contributed by atoms with van der Waals surface area (Å²) >= 11 is 13.8. The fraction of sp³-hybridized carbons (Fsp3) is 0.462. The summed E-state index contributed by atoms with van der Waals surface area (Å²) in [7, 11) is 0. The van der Waals surface area contributed by atoms with Crippen LogP contribution in [0.15, 0.2) is 17.0 Å². The number of nitrogens with one attached hydrogen (secondary N) is 1. The lowest BCUT2D eigenvalue weighted by molar-refractivity contribution is 0.0655. The molecular formula is C13H17Cl3N2OS. The standard InChI is InChI=1S/C13H16Cl2N2OS.ClH/c1-8-7-16-3-4-17(8)13(18)9-5-12(19-2)11(15)6-10(9)14;/h5-6,8,16H,3-4,7H2,1-2H3;1H/t8-;/m0./s1. The van der Waals surface area contributed by atoms with Gasteiger partial charge in [-0.3, -0.25) is 4.79 Å². The van der Waals surface area contributed by atoms with Crippen LogP contribution in [0.4, 0.5) is 0 Å². The first-order valence-electron chi connectivity index (χ1n) is 6.09. The van der Waals surface area contributed by atoms with Crippen LogP contribution >= 0.6 is 47.4 Å². The Morgan fingerprint density at radius 2 is 2.10 bits per heavy atom. The van der Waals surface area contributed by atoms with Crippen molar-refractivity contribution >= 4 is 53.3 Å². The highest BCUT2D eigenvalue weighted by Gasteiger charge is 2.26. The van der Waals surface area contributed by atoms with Crippen LogP contribution in [0.3, 0.4) is 0 Å². The Morgan fingerprint density at radius 3 is 2.70 bits per heavy atom. The van der Waals surface area contributed by atoms with Gasteiger partial charge in [0, 0.05) is 30.6 Å². The van der Waals surface area contributed by atoms with Gasteiger partial charge in [-0.05, 0) is 25.3 Å². The van der Waals surface area contributed by atoms with Crippen LogP contribution in [0, 0.1) is 0 Å². The third-order valence-corrected chi connectivity index (χ3v) is 4.75. The Labute approximate surface area is 139 Å². The van der Waals surface area contributed by atoms with Crippen molar-refractivity contribution < 1.29 is 4.79 Å². The molecule has 3 nitrogen and oxygen atoms in total. The molecule has 0 aliphatic carbocycles. The van der Waals surface area contributed by atoms with Crippen molar-refractivity contribution in [2.24, 2.45) is 0 Å². The van der Waals surface area contributed by atoms with E-state index in [4.69, 9.17) is 23.2 Å². The highest BCUT2D eigenvalue weighted by atomic mass is 35.5. The minimum atomic E-state index is -0.0223. The van der Waals surface area contributed by atoms with E-state index < -0.39 is 0 Å². The molecule has 1 aromatic carbocycles. The number of nitrogens with zero attached hydrogens (tertiary/aromatic N) is 1. The molecule has 0 saturated carbocycles. The van der Waals surface area contributed by atoms with E-state index in [0.29, 0.717) is 22.2 Å². The second kappa shape index (κ2) is 7.76. The van der Waals surface area contributed by atoms with Gasteiger partial charge in [-0.2, -0.15) is 0 Å². The van der Waals surface area contributed by atoms with Crippen LogP contribution in [0.25, 0.3) is 0 Å². The molecule has 7 heteroatoms. The number of carbonyl (C=O) groups excluding carboxylic acids is 1. The van der Waals surface area contributed by atoms with E-state index in [1.807, 2.05) is 18.1 Å². The largest absolute Gasteiger partial charge is 0.333 e. The summed E-state index contributed by atoms with van der Waals surface area (Å²) in [6.07, 6.45) is 1.93. The zero-order valence-electron chi connectivity index (χ0n) is 11.3. The molecule has 1 atom stereocenters. The first kappa shape index (κ1) is 17.9. The zero-order chi connectivity index (χ0) is 14.0. The molecule has 20 heavy (non-hydrogen) atoms. The quantitative estimate of drug-likeness (QED) is 0.823. The number of benzene rings is 1. The van der Waals surface area contributed by atoms with Crippen LogP contribution in [0.5, 0.6) is 0 Å². The van der Waals surface area contributed by atoms with Gasteiger partial charge in [0.2, 0.25) is 0 Å². The van der Waals surface area contributed by atoms with Gasteiger partial charge >= 0.3 is 0 Å². The normalized spacial score (nSPS) is 18.6. The predicted octanol–water partition coefficient (Wildman–Crippen LogP) is 3.57. The average molecular weight is 356 g/mol. The predicted molar refractivity (Wildman–Crippen MR) is 88.9 cm³/mol. The van der Waals surface area contributed by atoms with Crippen LogP contribution in [-0.4, -0.2) is 42.7 Å². The first-order valence-corrected chi connectivity index (χ1v) is 8.07. The van der Waals surface area contributed by atoms with E-state index in [1.165, 1.54) is 11.8 Å². The molecule has 2 rings (SSSR count). The van der Waals surface area contributed by atoms with Gasteiger partial charge in [0.1, 0.15) is 0 Å². The Bertz CT molecular complexity index is 499. The van der Waals surface area contributed by atoms with Crippen LogP contribution in [-0.2, 0) is 0 Å². The van der Waals surface area contributed by atoms with E-state index in [-0.39, 0.29) is 24.4 Å². The maximum atomic E-state index is 12.6. The van der Waals surface area contributed by atoms with Gasteiger partial charge in [0.15, 0.2) is 0 Å². The smallest absolute Gasteiger partial charge is 0.255 e. The number of rotatable bonds is 2. The fourth-order valence-corrected chi connectivity index (χ4v) is 3.33. The van der Waals surface area contributed by atoms with Crippen molar-refractivity contribution in [3.05, 3.63) is 27.7 Å². The van der Waals surface area contributed by atoms with Gasteiger partial charge in [-0.1, -0.05) is 23.2 Å². The highest BCUT2D eigenvalue weighted by Crippen LogP contribution is 2.32. The molecule has 1 heterocycles. The van der Waals surface area contributed by atoms with E-state index >= 15 is 0 Å². The summed E-state index contributed by atoms with van der Waals surface area (Å²) in [6, 6.07) is 3.60. The molecule has 1 aliphatic rings. The lowest BCUT2D eigenvalue weighted by Crippen LogP contribution is -2.52. The van der Waals surface area contributed by atoms with E-state index in [0.717, 1.165) is 18.0 Å². The first-order chi connectivity index (χ1) is 9.04. The van der Waals surface area contributed by atoms with Gasteiger partial charge in [0.25, 0.3) is 5.91 Å². The number of carbonyl (C=O) groups is 1. The molecular weight excluding hydrogens is 339 g/mol. The third kappa shape index (κ3) is 3.74. The zero-order valence-corrected chi connectivity index (χ0v) is 14.4. The molecule has 1 aromatic rings. The fourth-order valence-electron chi connectivity index (χ4n) is 2.15. The Hall–Kier alpha value is -0.130. The number of piperazine rings is 1. The summed E-state index contributed by atoms with van der Waals surface area (Å²) in [6.45, 7) is 4.36. The van der Waals surface area contributed by atoms with Crippen molar-refractivity contribution in [1.29, 1.82) is 0 Å². The summed E-state index contributed by atoms with van der Waals surface area (Å²) in [5.74, 6) is -0.0223. The average Bonchev–Trinajstić information content (AvgIpc) is 2.39. The maximum Gasteiger partial charge on any atom is 0.255 e. The molecule has 1 fully saturated rings. The molecule has 1 N–H and O–H groups in total. The Kier molecular flexibility index (Phi) is 6.95. The SMILES string of the molecule is CSc1cc(C(=O)N2CCNC[C@@H]2C)c(Cl)cc1Cl.Cl. The van der Waals surface area contributed by atoms with Crippen LogP contribution in [0.2, 0.25) is 10.0 Å². The van der Waals surface area contributed by atoms with Gasteiger partial charge in [-0.25, -0.2) is 0 Å². The second-order valence-electron chi connectivity index (χ2n) is 4.52. The molecule has 0 aromatic heterocycles. The number of amides is 1.